The van der Waals surface area contributed by atoms with Gasteiger partial charge in [0, 0.05) is 28.2 Å². The van der Waals surface area contributed by atoms with E-state index in [2.05, 4.69) is 139 Å². The van der Waals surface area contributed by atoms with Crippen molar-refractivity contribution >= 4 is 54.2 Å². The molecule has 3 aromatic carbocycles. The molecule has 0 saturated carbocycles. The lowest BCUT2D eigenvalue weighted by atomic mass is 10.3. The molecule has 0 aliphatic carbocycles. The van der Waals surface area contributed by atoms with Gasteiger partial charge in [-0.1, -0.05) is 42.5 Å². The van der Waals surface area contributed by atoms with E-state index in [0.717, 1.165) is 0 Å². The first kappa shape index (κ1) is 19.2. The van der Waals surface area contributed by atoms with Gasteiger partial charge in [0.25, 0.3) is 0 Å². The second-order valence-corrected chi connectivity index (χ2v) is 13.7. The summed E-state index contributed by atoms with van der Waals surface area (Å²) >= 11 is 2.75. The molecule has 0 atom stereocenters. The molecule has 3 aromatic rings. The number of halogens is 1. The molecular formula is C22H25IN2P+. The standard InChI is InChI=1S/C22H25IN2P/c1-24(2)19-14-8-10-16-21(19)26(23,18-12-6-5-7-13-18)22-17-11-9-15-20(22)25(3)4/h5-17H,1-4H3/q+1. The molecule has 0 N–H and O–H groups in total. The number of benzene rings is 3. The number of hydrogen-bond acceptors (Lipinski definition) is 2. The Morgan fingerprint density at radius 1 is 0.577 bits per heavy atom. The van der Waals surface area contributed by atoms with Gasteiger partial charge in [-0.15, -0.1) is 0 Å². The molecule has 134 valence electrons. The molecule has 0 fully saturated rings. The molecule has 0 spiro atoms. The van der Waals surface area contributed by atoms with Crippen LogP contribution in [0.15, 0.2) is 78.9 Å². The van der Waals surface area contributed by atoms with Crippen LogP contribution in [0.2, 0.25) is 0 Å². The summed E-state index contributed by atoms with van der Waals surface area (Å²) < 4.78 is 0. The molecule has 0 radical (unpaired) electrons. The fourth-order valence-electron chi connectivity index (χ4n) is 3.25. The van der Waals surface area contributed by atoms with Crippen LogP contribution in [0, 0.1) is 0 Å². The van der Waals surface area contributed by atoms with E-state index in [0.29, 0.717) is 0 Å². The first-order valence-corrected chi connectivity index (χ1v) is 13.2. The van der Waals surface area contributed by atoms with Crippen LogP contribution in [0.5, 0.6) is 0 Å². The van der Waals surface area contributed by atoms with E-state index in [4.69, 9.17) is 0 Å². The van der Waals surface area contributed by atoms with E-state index in [9.17, 15) is 0 Å². The van der Waals surface area contributed by atoms with Crippen LogP contribution in [0.1, 0.15) is 0 Å². The highest BCUT2D eigenvalue weighted by Crippen LogP contribution is 2.65. The van der Waals surface area contributed by atoms with Gasteiger partial charge in [0.1, 0.15) is 15.9 Å². The molecule has 0 aromatic heterocycles. The normalized spacial score (nSPS) is 11.3. The molecule has 0 aliphatic heterocycles. The summed E-state index contributed by atoms with van der Waals surface area (Å²) in [5, 5.41) is 4.21. The van der Waals surface area contributed by atoms with Gasteiger partial charge in [-0.25, -0.2) is 0 Å². The topological polar surface area (TPSA) is 6.48 Å². The predicted octanol–water partition coefficient (Wildman–Crippen LogP) is 4.46. The minimum atomic E-state index is -1.82. The molecular weight excluding hydrogens is 450 g/mol. The molecule has 0 aliphatic rings. The van der Waals surface area contributed by atoms with Crippen molar-refractivity contribution in [2.45, 2.75) is 0 Å². The fourth-order valence-corrected chi connectivity index (χ4v) is 9.82. The summed E-state index contributed by atoms with van der Waals surface area (Å²) in [5.74, 6) is 0. The first-order valence-electron chi connectivity index (χ1n) is 8.64. The zero-order valence-electron chi connectivity index (χ0n) is 15.7. The molecule has 0 heterocycles. The highest BCUT2D eigenvalue weighted by molar-refractivity contribution is 14.2. The van der Waals surface area contributed by atoms with Crippen LogP contribution in [0.25, 0.3) is 0 Å². The van der Waals surface area contributed by atoms with Crippen molar-refractivity contribution in [3.8, 4) is 0 Å². The number of anilines is 2. The van der Waals surface area contributed by atoms with E-state index in [1.54, 1.807) is 0 Å². The Balaban J connectivity index is 2.38. The Hall–Kier alpha value is -1.58. The molecule has 2 nitrogen and oxygen atoms in total. The maximum Gasteiger partial charge on any atom is 0.176 e. The van der Waals surface area contributed by atoms with E-state index >= 15 is 0 Å². The second kappa shape index (κ2) is 7.98. The summed E-state index contributed by atoms with van der Waals surface area (Å²) in [6, 6.07) is 28.6. The number of hydrogen-bond donors (Lipinski definition) is 0. The zero-order valence-corrected chi connectivity index (χ0v) is 18.8. The van der Waals surface area contributed by atoms with Crippen LogP contribution in [-0.2, 0) is 0 Å². The van der Waals surface area contributed by atoms with Crippen LogP contribution in [0.4, 0.5) is 11.4 Å². The third-order valence-electron chi connectivity index (χ3n) is 4.50. The van der Waals surface area contributed by atoms with E-state index in [-0.39, 0.29) is 0 Å². The molecule has 3 rings (SSSR count). The molecule has 4 heteroatoms. The molecule has 0 unspecified atom stereocenters. The van der Waals surface area contributed by atoms with Crippen molar-refractivity contribution in [1.82, 2.24) is 0 Å². The van der Waals surface area contributed by atoms with Crippen molar-refractivity contribution in [2.75, 3.05) is 38.0 Å². The monoisotopic (exact) mass is 475 g/mol. The minimum Gasteiger partial charge on any atom is -0.374 e. The van der Waals surface area contributed by atoms with Crippen molar-refractivity contribution < 1.29 is 0 Å². The van der Waals surface area contributed by atoms with Crippen molar-refractivity contribution in [3.63, 3.8) is 0 Å². The van der Waals surface area contributed by atoms with Crippen LogP contribution < -0.4 is 25.7 Å². The van der Waals surface area contributed by atoms with E-state index < -0.39 is 4.90 Å². The lowest BCUT2D eigenvalue weighted by Gasteiger charge is -2.28. The Morgan fingerprint density at radius 3 is 1.38 bits per heavy atom. The van der Waals surface area contributed by atoms with Crippen molar-refractivity contribution in [1.29, 1.82) is 0 Å². The van der Waals surface area contributed by atoms with E-state index in [1.807, 2.05) is 0 Å². The second-order valence-electron chi connectivity index (χ2n) is 6.69. The summed E-state index contributed by atoms with van der Waals surface area (Å²) in [5.41, 5.74) is 2.57. The predicted molar refractivity (Wildman–Crippen MR) is 128 cm³/mol. The smallest absolute Gasteiger partial charge is 0.176 e. The first-order chi connectivity index (χ1) is 12.5. The van der Waals surface area contributed by atoms with Gasteiger partial charge in [0.2, 0.25) is 0 Å². The van der Waals surface area contributed by atoms with Crippen molar-refractivity contribution in [3.05, 3.63) is 78.9 Å². The van der Waals surface area contributed by atoms with Crippen molar-refractivity contribution in [2.24, 2.45) is 0 Å². The average molecular weight is 475 g/mol. The van der Waals surface area contributed by atoms with Gasteiger partial charge >= 0.3 is 0 Å². The Bertz CT molecular complexity index is 827. The summed E-state index contributed by atoms with van der Waals surface area (Å²) in [6.07, 6.45) is 0. The SMILES string of the molecule is CN(C)c1ccccc1[P+](I)(c1ccccc1)c1ccccc1N(C)C. The Labute approximate surface area is 170 Å². The zero-order chi connectivity index (χ0) is 18.7. The molecule has 0 amide bonds. The lowest BCUT2D eigenvalue weighted by Crippen LogP contribution is -2.33. The lowest BCUT2D eigenvalue weighted by molar-refractivity contribution is 1.14. The largest absolute Gasteiger partial charge is 0.374 e. The van der Waals surface area contributed by atoms with Crippen LogP contribution >= 0.6 is 26.9 Å². The maximum absolute atomic E-state index is 2.75. The average Bonchev–Trinajstić information content (AvgIpc) is 2.68. The van der Waals surface area contributed by atoms with Gasteiger partial charge in [-0.05, 0) is 36.4 Å². The van der Waals surface area contributed by atoms with Gasteiger partial charge in [-0.2, -0.15) is 0 Å². The van der Waals surface area contributed by atoms with Crippen LogP contribution in [0.3, 0.4) is 0 Å². The van der Waals surface area contributed by atoms with E-state index in [1.165, 1.54) is 27.3 Å². The summed E-state index contributed by atoms with van der Waals surface area (Å²) in [6.45, 7) is 0. The number of para-hydroxylation sites is 2. The van der Waals surface area contributed by atoms with Gasteiger partial charge in [0.15, 0.2) is 26.9 Å². The quantitative estimate of drug-likeness (QED) is 0.397. The molecule has 0 bridgehead atoms. The third-order valence-corrected chi connectivity index (χ3v) is 12.4. The third kappa shape index (κ3) is 3.47. The number of rotatable bonds is 5. The highest BCUT2D eigenvalue weighted by atomic mass is 127. The van der Waals surface area contributed by atoms with Gasteiger partial charge in [-0.3, -0.25) is 0 Å². The van der Waals surface area contributed by atoms with Crippen LogP contribution in [-0.4, -0.2) is 28.2 Å². The fraction of sp³-hybridized carbons (Fsp3) is 0.182. The number of nitrogens with zero attached hydrogens (tertiary/aromatic N) is 2. The Kier molecular flexibility index (Phi) is 5.89. The molecule has 26 heavy (non-hydrogen) atoms. The highest BCUT2D eigenvalue weighted by Gasteiger charge is 2.47. The van der Waals surface area contributed by atoms with Gasteiger partial charge < -0.3 is 9.80 Å². The maximum atomic E-state index is 2.75. The summed E-state index contributed by atoms with van der Waals surface area (Å²) in [4.78, 5) is 2.63. The van der Waals surface area contributed by atoms with Gasteiger partial charge in [0.05, 0.1) is 11.4 Å². The molecule has 0 saturated heterocycles. The Morgan fingerprint density at radius 2 is 0.962 bits per heavy atom. The minimum absolute atomic E-state index is 1.28. The summed E-state index contributed by atoms with van der Waals surface area (Å²) in [7, 11) is 8.51.